The molecule has 0 radical (unpaired) electrons. The zero-order chi connectivity index (χ0) is 27.4. The van der Waals surface area contributed by atoms with Crippen LogP contribution in [-0.4, -0.2) is 40.8 Å². The van der Waals surface area contributed by atoms with Gasteiger partial charge in [0.15, 0.2) is 5.82 Å². The van der Waals surface area contributed by atoms with Gasteiger partial charge in [-0.25, -0.2) is 4.98 Å². The van der Waals surface area contributed by atoms with E-state index in [2.05, 4.69) is 29.6 Å². The molecule has 5 rings (SSSR count). The van der Waals surface area contributed by atoms with Gasteiger partial charge in [0.1, 0.15) is 18.2 Å². The molecule has 0 unspecified atom stereocenters. The van der Waals surface area contributed by atoms with Gasteiger partial charge < -0.3 is 9.47 Å². The Kier molecular flexibility index (Phi) is 8.42. The van der Waals surface area contributed by atoms with E-state index in [1.165, 1.54) is 5.56 Å². The highest BCUT2D eigenvalue weighted by Gasteiger charge is 2.19. The molecule has 4 heterocycles. The first-order chi connectivity index (χ1) is 18.8. The monoisotopic (exact) mass is 578 g/mol. The summed E-state index contributed by atoms with van der Waals surface area (Å²) in [5.41, 5.74) is 1.99. The molecule has 0 amide bonds. The number of fused-ring (bicyclic) bond motifs is 2. The second-order valence-corrected chi connectivity index (χ2v) is 17.6. The quantitative estimate of drug-likeness (QED) is 0.123. The smallest absolute Gasteiger partial charge is 0.263 e. The summed E-state index contributed by atoms with van der Waals surface area (Å²) in [4.78, 5) is 27.4. The van der Waals surface area contributed by atoms with Crippen LogP contribution in [0.1, 0.15) is 12.0 Å². The molecular formula is C29H31ClN4O3SSi. The number of ether oxygens (including phenoxy) is 2. The van der Waals surface area contributed by atoms with Crippen LogP contribution in [0.3, 0.4) is 0 Å². The van der Waals surface area contributed by atoms with Crippen molar-refractivity contribution >= 4 is 52.0 Å². The van der Waals surface area contributed by atoms with E-state index in [0.29, 0.717) is 46.4 Å². The van der Waals surface area contributed by atoms with Crippen LogP contribution < -0.4 is 10.3 Å². The fourth-order valence-electron chi connectivity index (χ4n) is 4.20. The topological polar surface area (TPSA) is 79.1 Å². The van der Waals surface area contributed by atoms with E-state index in [-0.39, 0.29) is 12.3 Å². The average molecular weight is 579 g/mol. The number of aromatic nitrogens is 4. The summed E-state index contributed by atoms with van der Waals surface area (Å²) in [6.07, 6.45) is 7.08. The van der Waals surface area contributed by atoms with Crippen molar-refractivity contribution < 1.29 is 9.47 Å². The lowest BCUT2D eigenvalue weighted by atomic mass is 10.1. The first-order valence-corrected chi connectivity index (χ1v) is 17.9. The lowest BCUT2D eigenvalue weighted by Gasteiger charge is -2.18. The van der Waals surface area contributed by atoms with E-state index >= 15 is 0 Å². The van der Waals surface area contributed by atoms with Crippen LogP contribution in [0, 0.1) is 0 Å². The molecule has 7 nitrogen and oxygen atoms in total. The molecule has 5 aromatic rings. The highest BCUT2D eigenvalue weighted by molar-refractivity contribution is 7.17. The second kappa shape index (κ2) is 12.0. The fourth-order valence-corrected chi connectivity index (χ4v) is 5.94. The van der Waals surface area contributed by atoms with E-state index in [1.54, 1.807) is 40.4 Å². The summed E-state index contributed by atoms with van der Waals surface area (Å²) in [6.45, 7) is 8.05. The number of nitrogens with zero attached hydrogens (tertiary/aromatic N) is 4. The molecule has 4 aromatic heterocycles. The molecule has 0 fully saturated rings. The van der Waals surface area contributed by atoms with Crippen molar-refractivity contribution in [2.45, 2.75) is 45.3 Å². The Bertz CT molecular complexity index is 1650. The van der Waals surface area contributed by atoms with Gasteiger partial charge in [-0.2, -0.15) is 0 Å². The maximum Gasteiger partial charge on any atom is 0.263 e. The first kappa shape index (κ1) is 27.5. The van der Waals surface area contributed by atoms with Crippen LogP contribution in [-0.2, 0) is 17.9 Å². The van der Waals surface area contributed by atoms with Crippen LogP contribution >= 0.6 is 22.9 Å². The number of aryl methyl sites for hydroxylation is 1. The highest BCUT2D eigenvalue weighted by atomic mass is 35.5. The third-order valence-corrected chi connectivity index (χ3v) is 9.26. The number of thiophene rings is 1. The Hall–Kier alpha value is -3.11. The highest BCUT2D eigenvalue weighted by Crippen LogP contribution is 2.30. The predicted octanol–water partition coefficient (Wildman–Crippen LogP) is 7.05. The molecule has 1 aromatic carbocycles. The van der Waals surface area contributed by atoms with Crippen molar-refractivity contribution in [1.82, 2.24) is 19.5 Å². The van der Waals surface area contributed by atoms with Crippen LogP contribution in [0.15, 0.2) is 65.2 Å². The number of benzene rings is 1. The lowest BCUT2D eigenvalue weighted by Crippen LogP contribution is -2.27. The minimum atomic E-state index is -1.28. The van der Waals surface area contributed by atoms with Crippen LogP contribution in [0.25, 0.3) is 32.5 Å². The van der Waals surface area contributed by atoms with Crippen molar-refractivity contribution in [2.24, 2.45) is 0 Å². The molecule has 0 saturated carbocycles. The molecule has 0 aliphatic carbocycles. The van der Waals surface area contributed by atoms with Crippen LogP contribution in [0.2, 0.25) is 30.7 Å². The summed E-state index contributed by atoms with van der Waals surface area (Å²) in [6, 6.07) is 12.4. The normalized spacial score (nSPS) is 11.9. The van der Waals surface area contributed by atoms with Gasteiger partial charge >= 0.3 is 0 Å². The number of rotatable bonds is 11. The molecule has 10 heteroatoms. The van der Waals surface area contributed by atoms with Gasteiger partial charge in [0.2, 0.25) is 0 Å². The SMILES string of the molecule is C[Si](C)(C)CCOCn1c(-c2cc3ccsc3cn2)nc2c(Cl)cc(OCCCc3ccncc3)cc2c1=O. The number of pyridine rings is 2. The Labute approximate surface area is 237 Å². The van der Waals surface area contributed by atoms with Crippen molar-refractivity contribution in [2.75, 3.05) is 13.2 Å². The van der Waals surface area contributed by atoms with Crippen LogP contribution in [0.5, 0.6) is 5.75 Å². The van der Waals surface area contributed by atoms with Gasteiger partial charge in [0, 0.05) is 39.3 Å². The molecule has 202 valence electrons. The Morgan fingerprint density at radius 1 is 1.08 bits per heavy atom. The Balaban J connectivity index is 1.46. The molecule has 39 heavy (non-hydrogen) atoms. The zero-order valence-electron chi connectivity index (χ0n) is 22.3. The Morgan fingerprint density at radius 3 is 2.69 bits per heavy atom. The van der Waals surface area contributed by atoms with Gasteiger partial charge in [0.05, 0.1) is 27.2 Å². The van der Waals surface area contributed by atoms with Gasteiger partial charge in [-0.15, -0.1) is 11.3 Å². The molecule has 0 bridgehead atoms. The van der Waals surface area contributed by atoms with Crippen molar-refractivity contribution in [3.05, 3.63) is 81.3 Å². The summed E-state index contributed by atoms with van der Waals surface area (Å²) in [5, 5.41) is 3.82. The van der Waals surface area contributed by atoms with Gasteiger partial charge in [0.25, 0.3) is 5.56 Å². The third-order valence-electron chi connectivity index (χ3n) is 6.40. The van der Waals surface area contributed by atoms with Crippen molar-refractivity contribution in [1.29, 1.82) is 0 Å². The molecule has 0 N–H and O–H groups in total. The minimum absolute atomic E-state index is 0.0829. The Morgan fingerprint density at radius 2 is 1.90 bits per heavy atom. The second-order valence-electron chi connectivity index (χ2n) is 10.7. The van der Waals surface area contributed by atoms with E-state index < -0.39 is 8.07 Å². The molecule has 0 atom stereocenters. The lowest BCUT2D eigenvalue weighted by molar-refractivity contribution is 0.0856. The van der Waals surface area contributed by atoms with E-state index in [0.717, 1.165) is 29.0 Å². The first-order valence-electron chi connectivity index (χ1n) is 13.0. The largest absolute Gasteiger partial charge is 0.494 e. The molecule has 0 aliphatic heterocycles. The van der Waals surface area contributed by atoms with Gasteiger partial charge in [-0.1, -0.05) is 31.2 Å². The third kappa shape index (κ3) is 6.73. The molecule has 0 saturated heterocycles. The number of hydrogen-bond acceptors (Lipinski definition) is 7. The summed E-state index contributed by atoms with van der Waals surface area (Å²) >= 11 is 8.29. The minimum Gasteiger partial charge on any atom is -0.494 e. The maximum absolute atomic E-state index is 13.9. The molecule has 0 aliphatic rings. The number of halogens is 1. The van der Waals surface area contributed by atoms with Crippen molar-refractivity contribution in [3.8, 4) is 17.3 Å². The van der Waals surface area contributed by atoms with Crippen LogP contribution in [0.4, 0.5) is 0 Å². The van der Waals surface area contributed by atoms with E-state index in [1.807, 2.05) is 35.8 Å². The fraction of sp³-hybridized carbons (Fsp3) is 0.310. The van der Waals surface area contributed by atoms with E-state index in [4.69, 9.17) is 26.1 Å². The maximum atomic E-state index is 13.9. The summed E-state index contributed by atoms with van der Waals surface area (Å²) in [5.74, 6) is 0.972. The van der Waals surface area contributed by atoms with Crippen molar-refractivity contribution in [3.63, 3.8) is 0 Å². The average Bonchev–Trinajstić information content (AvgIpc) is 3.38. The number of hydrogen-bond donors (Lipinski definition) is 0. The summed E-state index contributed by atoms with van der Waals surface area (Å²) < 4.78 is 14.6. The molecule has 0 spiro atoms. The summed E-state index contributed by atoms with van der Waals surface area (Å²) in [7, 11) is -1.28. The zero-order valence-corrected chi connectivity index (χ0v) is 24.9. The van der Waals surface area contributed by atoms with E-state index in [9.17, 15) is 4.79 Å². The standard InChI is InChI=1S/C29H31ClN4O3SSi/c1-39(2,3)14-12-36-19-34-28(25-15-21-8-13-38-26(21)18-32-25)33-27-23(29(34)35)16-22(17-24(27)30)37-11-4-5-20-6-9-31-10-7-20/h6-10,13,15-18H,4-5,11-12,14,19H2,1-3H3. The predicted molar refractivity (Wildman–Crippen MR) is 162 cm³/mol. The van der Waals surface area contributed by atoms with Gasteiger partial charge in [-0.05, 0) is 65.5 Å². The van der Waals surface area contributed by atoms with Gasteiger partial charge in [-0.3, -0.25) is 19.3 Å². The molecular weight excluding hydrogens is 548 g/mol.